The number of nitrogens with zero attached hydrogens (tertiary/aromatic N) is 1. The number of hydrogen-bond acceptors (Lipinski definition) is 4. The van der Waals surface area contributed by atoms with Gasteiger partial charge in [-0.25, -0.2) is 0 Å². The molecule has 1 aliphatic carbocycles. The molecule has 0 saturated carbocycles. The number of hydrogen-bond donors (Lipinski definition) is 0. The van der Waals surface area contributed by atoms with Crippen LogP contribution in [0, 0.1) is 17.2 Å². The second-order valence-corrected chi connectivity index (χ2v) is 4.28. The predicted octanol–water partition coefficient (Wildman–Crippen LogP) is 2.34. The van der Waals surface area contributed by atoms with E-state index in [9.17, 15) is 10.1 Å². The van der Waals surface area contributed by atoms with Gasteiger partial charge in [-0.15, -0.1) is 0 Å². The highest BCUT2D eigenvalue weighted by Crippen LogP contribution is 2.32. The van der Waals surface area contributed by atoms with Crippen LogP contribution in [0.15, 0.2) is 24.3 Å². The van der Waals surface area contributed by atoms with Crippen molar-refractivity contribution in [3.63, 3.8) is 0 Å². The van der Waals surface area contributed by atoms with Gasteiger partial charge in [0.1, 0.15) is 5.75 Å². The Bertz CT molecular complexity index is 569. The Labute approximate surface area is 112 Å². The average molecular weight is 257 g/mol. The van der Waals surface area contributed by atoms with E-state index in [1.165, 1.54) is 0 Å². The van der Waals surface area contributed by atoms with Crippen molar-refractivity contribution in [1.29, 1.82) is 5.26 Å². The van der Waals surface area contributed by atoms with Gasteiger partial charge in [0, 0.05) is 0 Å². The third kappa shape index (κ3) is 2.60. The molecule has 4 heteroatoms. The van der Waals surface area contributed by atoms with Crippen LogP contribution in [0.4, 0.5) is 0 Å². The van der Waals surface area contributed by atoms with Gasteiger partial charge >= 0.3 is 5.97 Å². The monoisotopic (exact) mass is 257 g/mol. The zero-order valence-electron chi connectivity index (χ0n) is 11.0. The van der Waals surface area contributed by atoms with Crippen molar-refractivity contribution in [2.24, 2.45) is 5.92 Å². The molecule has 0 heterocycles. The first-order valence-electron chi connectivity index (χ1n) is 6.15. The number of rotatable bonds is 3. The summed E-state index contributed by atoms with van der Waals surface area (Å²) < 4.78 is 10.2. The van der Waals surface area contributed by atoms with Gasteiger partial charge in [-0.05, 0) is 42.7 Å². The number of carbonyl (C=O) groups is 1. The van der Waals surface area contributed by atoms with E-state index in [1.807, 2.05) is 18.2 Å². The van der Waals surface area contributed by atoms with Gasteiger partial charge in [-0.1, -0.05) is 6.08 Å². The highest BCUT2D eigenvalue weighted by molar-refractivity contribution is 5.86. The quantitative estimate of drug-likeness (QED) is 0.780. The van der Waals surface area contributed by atoms with Crippen molar-refractivity contribution < 1.29 is 14.3 Å². The van der Waals surface area contributed by atoms with E-state index < -0.39 is 5.92 Å². The molecule has 0 amide bonds. The lowest BCUT2D eigenvalue weighted by molar-refractivity contribution is -0.146. The van der Waals surface area contributed by atoms with Crippen molar-refractivity contribution >= 4 is 11.5 Å². The Kier molecular flexibility index (Phi) is 3.86. The molecule has 1 aromatic rings. The van der Waals surface area contributed by atoms with E-state index in [0.29, 0.717) is 18.6 Å². The smallest absolute Gasteiger partial charge is 0.313 e. The summed E-state index contributed by atoms with van der Waals surface area (Å²) in [6.45, 7) is 2.11. The molecule has 4 nitrogen and oxygen atoms in total. The molecule has 0 bridgehead atoms. The molecule has 0 aromatic heterocycles. The number of methoxy groups -OCH3 is 1. The van der Waals surface area contributed by atoms with Gasteiger partial charge in [0.05, 0.1) is 31.3 Å². The molecule has 1 atom stereocenters. The number of fused-ring (bicyclic) bond motifs is 1. The van der Waals surface area contributed by atoms with Crippen LogP contribution in [0.2, 0.25) is 0 Å². The van der Waals surface area contributed by atoms with Crippen molar-refractivity contribution in [2.45, 2.75) is 13.3 Å². The lowest BCUT2D eigenvalue weighted by Crippen LogP contribution is -2.21. The van der Waals surface area contributed by atoms with Crippen LogP contribution in [-0.2, 0) is 16.0 Å². The Morgan fingerprint density at radius 2 is 2.32 bits per heavy atom. The van der Waals surface area contributed by atoms with Crippen LogP contribution in [0.3, 0.4) is 0 Å². The van der Waals surface area contributed by atoms with E-state index in [1.54, 1.807) is 20.1 Å². The highest BCUT2D eigenvalue weighted by atomic mass is 16.5. The summed E-state index contributed by atoms with van der Waals surface area (Å²) in [4.78, 5) is 11.8. The Balaban J connectivity index is 2.38. The van der Waals surface area contributed by atoms with Gasteiger partial charge in [0.15, 0.2) is 0 Å². The van der Waals surface area contributed by atoms with Crippen LogP contribution in [0.25, 0.3) is 5.57 Å². The number of benzene rings is 1. The second-order valence-electron chi connectivity index (χ2n) is 4.28. The number of carbonyl (C=O) groups excluding carboxylic acids is 1. The molecule has 0 radical (unpaired) electrons. The minimum absolute atomic E-state index is 0.288. The Hall–Kier alpha value is -2.28. The normalized spacial score (nSPS) is 16.9. The lowest BCUT2D eigenvalue weighted by Gasteiger charge is -2.20. The maximum absolute atomic E-state index is 11.8. The number of esters is 1. The third-order valence-electron chi connectivity index (χ3n) is 3.12. The van der Waals surface area contributed by atoms with Gasteiger partial charge in [-0.2, -0.15) is 5.26 Å². The predicted molar refractivity (Wildman–Crippen MR) is 70.4 cm³/mol. The van der Waals surface area contributed by atoms with Gasteiger partial charge in [-0.3, -0.25) is 4.79 Å². The topological polar surface area (TPSA) is 59.3 Å². The van der Waals surface area contributed by atoms with E-state index in [2.05, 4.69) is 6.07 Å². The first kappa shape index (κ1) is 13.2. The first-order valence-corrected chi connectivity index (χ1v) is 6.15. The van der Waals surface area contributed by atoms with Crippen molar-refractivity contribution in [3.05, 3.63) is 35.4 Å². The largest absolute Gasteiger partial charge is 0.497 e. The molecular formula is C15H15NO3. The lowest BCUT2D eigenvalue weighted by atomic mass is 9.85. The summed E-state index contributed by atoms with van der Waals surface area (Å²) in [7, 11) is 1.59. The third-order valence-corrected chi connectivity index (χ3v) is 3.12. The average Bonchev–Trinajstić information content (AvgIpc) is 2.45. The second kappa shape index (κ2) is 5.57. The molecule has 19 heavy (non-hydrogen) atoms. The van der Waals surface area contributed by atoms with Crippen LogP contribution in [0.1, 0.15) is 18.1 Å². The fraction of sp³-hybridized carbons (Fsp3) is 0.333. The van der Waals surface area contributed by atoms with Crippen molar-refractivity contribution in [3.8, 4) is 11.8 Å². The van der Waals surface area contributed by atoms with Crippen LogP contribution >= 0.6 is 0 Å². The molecule has 1 aliphatic rings. The maximum atomic E-state index is 11.8. The number of nitriles is 1. The molecule has 2 rings (SSSR count). The number of ether oxygens (including phenoxy) is 2. The summed E-state index contributed by atoms with van der Waals surface area (Å²) in [6.07, 6.45) is 2.23. The highest BCUT2D eigenvalue weighted by Gasteiger charge is 2.26. The summed E-state index contributed by atoms with van der Waals surface area (Å²) in [6, 6.07) is 7.67. The van der Waals surface area contributed by atoms with Crippen LogP contribution < -0.4 is 4.74 Å². The van der Waals surface area contributed by atoms with Crippen molar-refractivity contribution in [1.82, 2.24) is 0 Å². The van der Waals surface area contributed by atoms with E-state index in [-0.39, 0.29) is 5.97 Å². The molecule has 98 valence electrons. The fourth-order valence-corrected chi connectivity index (χ4v) is 2.21. The molecular weight excluding hydrogens is 242 g/mol. The summed E-state index contributed by atoms with van der Waals surface area (Å²) >= 11 is 0. The van der Waals surface area contributed by atoms with E-state index in [0.717, 1.165) is 16.9 Å². The van der Waals surface area contributed by atoms with Gasteiger partial charge in [0.25, 0.3) is 0 Å². The zero-order chi connectivity index (χ0) is 13.8. The molecule has 0 spiro atoms. The molecule has 0 fully saturated rings. The molecule has 1 aromatic carbocycles. The maximum Gasteiger partial charge on any atom is 0.313 e. The first-order chi connectivity index (χ1) is 9.19. The number of allylic oxidation sites excluding steroid dienone is 1. The molecule has 0 aliphatic heterocycles. The minimum atomic E-state index is -0.394. The minimum Gasteiger partial charge on any atom is -0.497 e. The van der Waals surface area contributed by atoms with Gasteiger partial charge in [0.2, 0.25) is 0 Å². The fourth-order valence-electron chi connectivity index (χ4n) is 2.21. The molecule has 0 saturated heterocycles. The Morgan fingerprint density at radius 1 is 1.53 bits per heavy atom. The van der Waals surface area contributed by atoms with Crippen LogP contribution in [0.5, 0.6) is 5.75 Å². The summed E-state index contributed by atoms with van der Waals surface area (Å²) in [5.74, 6) is 0.0403. The van der Waals surface area contributed by atoms with Gasteiger partial charge < -0.3 is 9.47 Å². The zero-order valence-corrected chi connectivity index (χ0v) is 11.0. The molecule has 1 unspecified atom stereocenters. The van der Waals surface area contributed by atoms with E-state index >= 15 is 0 Å². The summed E-state index contributed by atoms with van der Waals surface area (Å²) in [5, 5.41) is 9.19. The molecule has 0 N–H and O–H groups in total. The standard InChI is InChI=1S/C15H15NO3/c1-3-19-15(17)11-6-10-8-13(18-2)4-5-14(10)12(7-11)9-16/h4-5,7-8,11H,3,6H2,1-2H3. The SMILES string of the molecule is CCOC(=O)C1C=C(C#N)c2ccc(OC)cc2C1. The van der Waals surface area contributed by atoms with E-state index in [4.69, 9.17) is 9.47 Å². The van der Waals surface area contributed by atoms with Crippen LogP contribution in [-0.4, -0.2) is 19.7 Å². The summed E-state index contributed by atoms with van der Waals surface area (Å²) in [5.41, 5.74) is 2.32. The van der Waals surface area contributed by atoms with Crippen molar-refractivity contribution in [2.75, 3.05) is 13.7 Å². The Morgan fingerprint density at radius 3 is 2.95 bits per heavy atom.